The largest absolute Gasteiger partial charge is 0.467 e. The fraction of sp³-hybridized carbons (Fsp3) is 0.400. The van der Waals surface area contributed by atoms with Gasteiger partial charge in [0.15, 0.2) is 5.76 Å². The van der Waals surface area contributed by atoms with E-state index in [0.29, 0.717) is 24.5 Å². The molecule has 0 saturated carbocycles. The molecule has 2 heterocycles. The van der Waals surface area contributed by atoms with E-state index in [4.69, 9.17) is 13.6 Å². The first kappa shape index (κ1) is 15.3. The topological polar surface area (TPSA) is 84.8 Å². The first-order valence-electron chi connectivity index (χ1n) is 6.70. The molecule has 2 aromatic rings. The number of hydrogen-bond acceptors (Lipinski definition) is 5. The summed E-state index contributed by atoms with van der Waals surface area (Å²) in [5.74, 6) is 0.972. The number of nitrogens with one attached hydrogen (secondary N) is 1. The van der Waals surface area contributed by atoms with Crippen LogP contribution in [0, 0.1) is 0 Å². The smallest absolute Gasteiger partial charge is 0.287 e. The fourth-order valence-corrected chi connectivity index (χ4v) is 2.01. The van der Waals surface area contributed by atoms with Crippen molar-refractivity contribution in [2.24, 2.45) is 0 Å². The number of carbonyl (C=O) groups is 1. The SMILES string of the molecule is COCc1ccc(C(=O)NC(C)CC(O)c2ccco2)o1. The Morgan fingerprint density at radius 3 is 2.90 bits per heavy atom. The van der Waals surface area contributed by atoms with Gasteiger partial charge in [0.25, 0.3) is 5.91 Å². The monoisotopic (exact) mass is 293 g/mol. The molecule has 2 N–H and O–H groups in total. The summed E-state index contributed by atoms with van der Waals surface area (Å²) in [5.41, 5.74) is 0. The minimum absolute atomic E-state index is 0.224. The van der Waals surface area contributed by atoms with E-state index in [9.17, 15) is 9.90 Å². The Balaban J connectivity index is 1.86. The summed E-state index contributed by atoms with van der Waals surface area (Å²) in [6.45, 7) is 2.13. The Bertz CT molecular complexity index is 560. The molecule has 0 saturated heterocycles. The molecule has 0 aliphatic rings. The maximum Gasteiger partial charge on any atom is 0.287 e. The van der Waals surface area contributed by atoms with Gasteiger partial charge in [-0.25, -0.2) is 0 Å². The van der Waals surface area contributed by atoms with Crippen LogP contribution in [0.4, 0.5) is 0 Å². The van der Waals surface area contributed by atoms with Crippen LogP contribution in [0.15, 0.2) is 39.4 Å². The van der Waals surface area contributed by atoms with Gasteiger partial charge in [0.1, 0.15) is 24.2 Å². The third-order valence-corrected chi connectivity index (χ3v) is 3.00. The number of aliphatic hydroxyl groups is 1. The Morgan fingerprint density at radius 1 is 1.43 bits per heavy atom. The zero-order valence-corrected chi connectivity index (χ0v) is 12.0. The van der Waals surface area contributed by atoms with E-state index in [-0.39, 0.29) is 17.7 Å². The molecule has 114 valence electrons. The lowest BCUT2D eigenvalue weighted by Gasteiger charge is -2.15. The van der Waals surface area contributed by atoms with Crippen LogP contribution >= 0.6 is 0 Å². The number of rotatable bonds is 7. The van der Waals surface area contributed by atoms with E-state index in [1.807, 2.05) is 6.92 Å². The lowest BCUT2D eigenvalue weighted by atomic mass is 10.1. The van der Waals surface area contributed by atoms with Gasteiger partial charge in [-0.1, -0.05) is 0 Å². The van der Waals surface area contributed by atoms with Crippen LogP contribution in [0.2, 0.25) is 0 Å². The van der Waals surface area contributed by atoms with Crippen LogP contribution in [-0.2, 0) is 11.3 Å². The molecule has 0 bridgehead atoms. The Kier molecular flexibility index (Phi) is 5.19. The van der Waals surface area contributed by atoms with Crippen LogP contribution < -0.4 is 5.32 Å². The molecule has 6 heteroatoms. The van der Waals surface area contributed by atoms with Crippen molar-refractivity contribution >= 4 is 5.91 Å². The summed E-state index contributed by atoms with van der Waals surface area (Å²) >= 11 is 0. The average Bonchev–Trinajstić information content (AvgIpc) is 3.10. The van der Waals surface area contributed by atoms with Gasteiger partial charge in [0.05, 0.1) is 6.26 Å². The van der Waals surface area contributed by atoms with Crippen LogP contribution in [0.5, 0.6) is 0 Å². The summed E-state index contributed by atoms with van der Waals surface area (Å²) in [7, 11) is 1.56. The van der Waals surface area contributed by atoms with Gasteiger partial charge in [-0.05, 0) is 31.2 Å². The molecule has 0 spiro atoms. The van der Waals surface area contributed by atoms with Crippen molar-refractivity contribution in [3.05, 3.63) is 47.8 Å². The minimum Gasteiger partial charge on any atom is -0.467 e. The Morgan fingerprint density at radius 2 is 2.24 bits per heavy atom. The van der Waals surface area contributed by atoms with Crippen LogP contribution in [0.25, 0.3) is 0 Å². The molecule has 6 nitrogen and oxygen atoms in total. The van der Waals surface area contributed by atoms with E-state index in [1.165, 1.54) is 6.26 Å². The van der Waals surface area contributed by atoms with Gasteiger partial charge in [-0.3, -0.25) is 4.79 Å². The molecule has 21 heavy (non-hydrogen) atoms. The molecule has 2 aromatic heterocycles. The molecule has 0 aliphatic carbocycles. The number of methoxy groups -OCH3 is 1. The highest BCUT2D eigenvalue weighted by Crippen LogP contribution is 2.18. The standard InChI is InChI=1S/C15H19NO5/c1-10(8-12(17)13-4-3-7-20-13)16-15(18)14-6-5-11(21-14)9-19-2/h3-7,10,12,17H,8-9H2,1-2H3,(H,16,18). The molecule has 2 unspecified atom stereocenters. The van der Waals surface area contributed by atoms with Crippen LogP contribution in [-0.4, -0.2) is 24.2 Å². The molecule has 2 atom stereocenters. The quantitative estimate of drug-likeness (QED) is 0.818. The second-order valence-corrected chi connectivity index (χ2v) is 4.84. The number of furan rings is 2. The molecule has 1 amide bonds. The summed E-state index contributed by atoms with van der Waals surface area (Å²) in [6.07, 6.45) is 1.10. The zero-order valence-electron chi connectivity index (χ0n) is 12.0. The first-order valence-corrected chi connectivity index (χ1v) is 6.70. The van der Waals surface area contributed by atoms with Gasteiger partial charge < -0.3 is 24.0 Å². The second-order valence-electron chi connectivity index (χ2n) is 4.84. The predicted octanol–water partition coefficient (Wildman–Crippen LogP) is 2.26. The van der Waals surface area contributed by atoms with E-state index < -0.39 is 6.10 Å². The number of aliphatic hydroxyl groups excluding tert-OH is 1. The summed E-state index contributed by atoms with van der Waals surface area (Å²) in [6, 6.07) is 6.47. The number of ether oxygens (including phenoxy) is 1. The summed E-state index contributed by atoms with van der Waals surface area (Å²) in [5, 5.41) is 12.7. The predicted molar refractivity (Wildman–Crippen MR) is 74.6 cm³/mol. The van der Waals surface area contributed by atoms with Crippen molar-refractivity contribution in [3.63, 3.8) is 0 Å². The lowest BCUT2D eigenvalue weighted by molar-refractivity contribution is 0.0868. The van der Waals surface area contributed by atoms with Crippen LogP contribution in [0.3, 0.4) is 0 Å². The van der Waals surface area contributed by atoms with Crippen LogP contribution in [0.1, 0.15) is 41.5 Å². The van der Waals surface area contributed by atoms with E-state index in [2.05, 4.69) is 5.32 Å². The molecular weight excluding hydrogens is 274 g/mol. The zero-order chi connectivity index (χ0) is 15.2. The molecule has 2 rings (SSSR count). The highest BCUT2D eigenvalue weighted by molar-refractivity contribution is 5.91. The number of amides is 1. The maximum absolute atomic E-state index is 12.0. The first-order chi connectivity index (χ1) is 10.1. The van der Waals surface area contributed by atoms with Gasteiger partial charge >= 0.3 is 0 Å². The maximum atomic E-state index is 12.0. The van der Waals surface area contributed by atoms with Crippen molar-refractivity contribution < 1.29 is 23.5 Å². The van der Waals surface area contributed by atoms with Gasteiger partial charge in [-0.2, -0.15) is 0 Å². The summed E-state index contributed by atoms with van der Waals surface area (Å²) in [4.78, 5) is 12.0. The lowest BCUT2D eigenvalue weighted by Crippen LogP contribution is -2.33. The van der Waals surface area contributed by atoms with Crippen molar-refractivity contribution in [1.29, 1.82) is 0 Å². The average molecular weight is 293 g/mol. The number of carbonyl (C=O) groups excluding carboxylic acids is 1. The van der Waals surface area contributed by atoms with Crippen molar-refractivity contribution in [1.82, 2.24) is 5.32 Å². The third-order valence-electron chi connectivity index (χ3n) is 3.00. The van der Waals surface area contributed by atoms with E-state index >= 15 is 0 Å². The van der Waals surface area contributed by atoms with E-state index in [1.54, 1.807) is 31.4 Å². The van der Waals surface area contributed by atoms with Crippen molar-refractivity contribution in [3.8, 4) is 0 Å². The normalized spacial score (nSPS) is 13.9. The number of hydrogen-bond donors (Lipinski definition) is 2. The summed E-state index contributed by atoms with van der Waals surface area (Å²) < 4.78 is 15.4. The Labute approximate surface area is 122 Å². The molecule has 0 radical (unpaired) electrons. The highest BCUT2D eigenvalue weighted by Gasteiger charge is 2.18. The van der Waals surface area contributed by atoms with E-state index in [0.717, 1.165) is 0 Å². The highest BCUT2D eigenvalue weighted by atomic mass is 16.5. The van der Waals surface area contributed by atoms with Gasteiger partial charge in [-0.15, -0.1) is 0 Å². The third kappa shape index (κ3) is 4.21. The van der Waals surface area contributed by atoms with Gasteiger partial charge in [0.2, 0.25) is 0 Å². The molecule has 0 fully saturated rings. The molecule has 0 aromatic carbocycles. The van der Waals surface area contributed by atoms with Crippen molar-refractivity contribution in [2.75, 3.05) is 7.11 Å². The molecular formula is C15H19NO5. The molecule has 0 aliphatic heterocycles. The van der Waals surface area contributed by atoms with Gasteiger partial charge in [0, 0.05) is 19.6 Å². The van der Waals surface area contributed by atoms with Crippen molar-refractivity contribution in [2.45, 2.75) is 32.1 Å². The second kappa shape index (κ2) is 7.10. The fourth-order valence-electron chi connectivity index (χ4n) is 2.01. The Hall–Kier alpha value is -2.05. The minimum atomic E-state index is -0.754.